The van der Waals surface area contributed by atoms with Crippen LogP contribution in [-0.2, 0) is 9.63 Å². The number of nitrogens with zero attached hydrogens (tertiary/aromatic N) is 2. The standard InChI is InChI=1S/C10H9ClN2O4/c1-2-9(14)17-12-10(11)7-4-3-5-8(6-7)13(15)16/h3-6H,2H2,1H3. The SMILES string of the molecule is CCC(=O)ON=C(Cl)c1cccc([N+](=O)[O-])c1. The zero-order chi connectivity index (χ0) is 12.8. The van der Waals surface area contributed by atoms with Crippen LogP contribution in [0.4, 0.5) is 5.69 Å². The second-order valence-corrected chi connectivity index (χ2v) is 3.36. The van der Waals surface area contributed by atoms with E-state index >= 15 is 0 Å². The maximum Gasteiger partial charge on any atom is 0.334 e. The van der Waals surface area contributed by atoms with Crippen LogP contribution < -0.4 is 0 Å². The Hall–Kier alpha value is -1.95. The highest BCUT2D eigenvalue weighted by Gasteiger charge is 2.09. The Labute approximate surface area is 102 Å². The second-order valence-electron chi connectivity index (χ2n) is 3.01. The van der Waals surface area contributed by atoms with Gasteiger partial charge in [0.15, 0.2) is 5.17 Å². The summed E-state index contributed by atoms with van der Waals surface area (Å²) in [6.07, 6.45) is 0.169. The van der Waals surface area contributed by atoms with Crippen LogP contribution in [0.2, 0.25) is 0 Å². The molecule has 0 atom stereocenters. The summed E-state index contributed by atoms with van der Waals surface area (Å²) in [5, 5.41) is 13.8. The van der Waals surface area contributed by atoms with Gasteiger partial charge >= 0.3 is 5.97 Å². The minimum atomic E-state index is -0.550. The molecule has 17 heavy (non-hydrogen) atoms. The maximum atomic E-state index is 10.8. The van der Waals surface area contributed by atoms with Crippen molar-refractivity contribution in [2.45, 2.75) is 13.3 Å². The van der Waals surface area contributed by atoms with Crippen LogP contribution >= 0.6 is 11.6 Å². The molecule has 0 aliphatic rings. The Kier molecular flexibility index (Phi) is 4.59. The smallest absolute Gasteiger partial charge is 0.317 e. The van der Waals surface area contributed by atoms with Crippen molar-refractivity contribution in [3.8, 4) is 0 Å². The number of hydrogen-bond donors (Lipinski definition) is 0. The van der Waals surface area contributed by atoms with Gasteiger partial charge < -0.3 is 4.84 Å². The van der Waals surface area contributed by atoms with E-state index in [0.29, 0.717) is 5.56 Å². The van der Waals surface area contributed by atoms with E-state index in [9.17, 15) is 14.9 Å². The van der Waals surface area contributed by atoms with Gasteiger partial charge in [-0.15, -0.1) is 0 Å². The van der Waals surface area contributed by atoms with Crippen molar-refractivity contribution in [3.05, 3.63) is 39.9 Å². The molecule has 0 radical (unpaired) electrons. The first-order chi connectivity index (χ1) is 8.04. The van der Waals surface area contributed by atoms with E-state index < -0.39 is 10.9 Å². The van der Waals surface area contributed by atoms with E-state index in [1.807, 2.05) is 0 Å². The molecule has 7 heteroatoms. The minimum Gasteiger partial charge on any atom is -0.317 e. The second kappa shape index (κ2) is 5.95. The number of non-ortho nitro benzene ring substituents is 1. The van der Waals surface area contributed by atoms with Crippen molar-refractivity contribution in [1.82, 2.24) is 0 Å². The molecule has 0 fully saturated rings. The van der Waals surface area contributed by atoms with Crippen LogP contribution in [0.25, 0.3) is 0 Å². The first-order valence-electron chi connectivity index (χ1n) is 4.72. The topological polar surface area (TPSA) is 81.8 Å². The molecular weight excluding hydrogens is 248 g/mol. The summed E-state index contributed by atoms with van der Waals surface area (Å²) in [7, 11) is 0. The number of carbonyl (C=O) groups is 1. The van der Waals surface area contributed by atoms with Crippen molar-refractivity contribution in [3.63, 3.8) is 0 Å². The number of benzene rings is 1. The van der Waals surface area contributed by atoms with Crippen LogP contribution in [0.3, 0.4) is 0 Å². The van der Waals surface area contributed by atoms with Gasteiger partial charge in [-0.1, -0.05) is 35.8 Å². The van der Waals surface area contributed by atoms with Crippen molar-refractivity contribution < 1.29 is 14.6 Å². The summed E-state index contributed by atoms with van der Waals surface area (Å²) in [5.41, 5.74) is 0.197. The first kappa shape index (κ1) is 13.1. The lowest BCUT2D eigenvalue weighted by molar-refractivity contribution is -0.384. The predicted octanol–water partition coefficient (Wildman–Crippen LogP) is 2.45. The summed E-state index contributed by atoms with van der Waals surface area (Å²) in [6, 6.07) is 5.56. The molecule has 0 saturated carbocycles. The van der Waals surface area contributed by atoms with Crippen molar-refractivity contribution in [1.29, 1.82) is 0 Å². The van der Waals surface area contributed by atoms with E-state index in [0.717, 1.165) is 0 Å². The molecule has 1 aromatic carbocycles. The number of rotatable bonds is 4. The van der Waals surface area contributed by atoms with Gasteiger partial charge in [0.25, 0.3) is 5.69 Å². The molecule has 0 saturated heterocycles. The van der Waals surface area contributed by atoms with Crippen LogP contribution in [0, 0.1) is 10.1 Å². The number of oxime groups is 1. The molecule has 1 aromatic rings. The monoisotopic (exact) mass is 256 g/mol. The van der Waals surface area contributed by atoms with Crippen molar-refractivity contribution >= 4 is 28.4 Å². The molecule has 6 nitrogen and oxygen atoms in total. The van der Waals surface area contributed by atoms with Crippen LogP contribution in [0.5, 0.6) is 0 Å². The number of hydrogen-bond acceptors (Lipinski definition) is 5. The zero-order valence-corrected chi connectivity index (χ0v) is 9.68. The van der Waals surface area contributed by atoms with Gasteiger partial charge in [0.1, 0.15) is 0 Å². The third-order valence-electron chi connectivity index (χ3n) is 1.81. The molecule has 0 N–H and O–H groups in total. The highest BCUT2D eigenvalue weighted by atomic mass is 35.5. The fourth-order valence-corrected chi connectivity index (χ4v) is 1.11. The van der Waals surface area contributed by atoms with Crippen molar-refractivity contribution in [2.24, 2.45) is 5.16 Å². The molecule has 0 unspecified atom stereocenters. The number of nitro groups is 1. The lowest BCUT2D eigenvalue weighted by Gasteiger charge is -1.98. The van der Waals surface area contributed by atoms with Crippen LogP contribution in [0.15, 0.2) is 29.4 Å². The van der Waals surface area contributed by atoms with Gasteiger partial charge in [-0.25, -0.2) is 4.79 Å². The Balaban J connectivity index is 2.88. The molecule has 0 spiro atoms. The quantitative estimate of drug-likeness (QED) is 0.359. The largest absolute Gasteiger partial charge is 0.334 e. The number of halogens is 1. The molecule has 90 valence electrons. The minimum absolute atomic E-state index is 0.113. The Bertz CT molecular complexity index is 473. The summed E-state index contributed by atoms with van der Waals surface area (Å²) in [4.78, 5) is 25.3. The lowest BCUT2D eigenvalue weighted by atomic mass is 10.2. The van der Waals surface area contributed by atoms with Crippen LogP contribution in [0.1, 0.15) is 18.9 Å². The first-order valence-corrected chi connectivity index (χ1v) is 5.10. The highest BCUT2D eigenvalue weighted by Crippen LogP contribution is 2.15. The zero-order valence-electron chi connectivity index (χ0n) is 8.92. The Morgan fingerprint density at radius 2 is 2.29 bits per heavy atom. The third kappa shape index (κ3) is 3.84. The summed E-state index contributed by atoms with van der Waals surface area (Å²) in [5.74, 6) is -0.534. The van der Waals surface area contributed by atoms with Gasteiger partial charge in [-0.3, -0.25) is 10.1 Å². The van der Waals surface area contributed by atoms with E-state index in [2.05, 4.69) is 9.99 Å². The number of nitro benzene ring substituents is 1. The van der Waals surface area contributed by atoms with Crippen LogP contribution in [-0.4, -0.2) is 16.1 Å². The molecule has 0 heterocycles. The van der Waals surface area contributed by atoms with Gasteiger partial charge in [-0.05, 0) is 0 Å². The lowest BCUT2D eigenvalue weighted by Crippen LogP contribution is -2.00. The van der Waals surface area contributed by atoms with E-state index in [-0.39, 0.29) is 17.3 Å². The highest BCUT2D eigenvalue weighted by molar-refractivity contribution is 6.69. The summed E-state index contributed by atoms with van der Waals surface area (Å²) in [6.45, 7) is 1.61. The summed E-state index contributed by atoms with van der Waals surface area (Å²) >= 11 is 5.73. The van der Waals surface area contributed by atoms with Gasteiger partial charge in [0.05, 0.1) is 4.92 Å². The Morgan fingerprint density at radius 3 is 2.88 bits per heavy atom. The van der Waals surface area contributed by atoms with Crippen molar-refractivity contribution in [2.75, 3.05) is 0 Å². The molecule has 0 amide bonds. The summed E-state index contributed by atoms with van der Waals surface area (Å²) < 4.78 is 0. The molecule has 0 aliphatic carbocycles. The van der Waals surface area contributed by atoms with E-state index in [4.69, 9.17) is 11.6 Å². The normalized spacial score (nSPS) is 11.1. The molecule has 0 bridgehead atoms. The predicted molar refractivity (Wildman–Crippen MR) is 61.9 cm³/mol. The Morgan fingerprint density at radius 1 is 1.59 bits per heavy atom. The maximum absolute atomic E-state index is 10.8. The molecule has 0 aromatic heterocycles. The van der Waals surface area contributed by atoms with Gasteiger partial charge in [-0.2, -0.15) is 0 Å². The molecule has 0 aliphatic heterocycles. The van der Waals surface area contributed by atoms with Gasteiger partial charge in [0, 0.05) is 24.1 Å². The third-order valence-corrected chi connectivity index (χ3v) is 2.10. The average Bonchev–Trinajstić information content (AvgIpc) is 2.35. The fraction of sp³-hybridized carbons (Fsp3) is 0.200. The average molecular weight is 257 g/mol. The fourth-order valence-electron chi connectivity index (χ4n) is 0.956. The molecule has 1 rings (SSSR count). The van der Waals surface area contributed by atoms with Gasteiger partial charge in [0.2, 0.25) is 0 Å². The van der Waals surface area contributed by atoms with E-state index in [1.165, 1.54) is 24.3 Å². The van der Waals surface area contributed by atoms with E-state index in [1.54, 1.807) is 6.92 Å². The molecular formula is C10H9ClN2O4. The number of carbonyl (C=O) groups excluding carboxylic acids is 1.